The van der Waals surface area contributed by atoms with Crippen molar-refractivity contribution in [3.63, 3.8) is 0 Å². The zero-order valence-electron chi connectivity index (χ0n) is 11.1. The highest BCUT2D eigenvalue weighted by atomic mass is 32.1. The molecule has 1 N–H and O–H groups in total. The number of aliphatic hydroxyl groups excluding tert-OH is 1. The SMILES string of the molecule is CCCN(C)C(=O)c1cc(C)c(C#CCCO)s1. The van der Waals surface area contributed by atoms with Crippen molar-refractivity contribution < 1.29 is 9.90 Å². The van der Waals surface area contributed by atoms with Gasteiger partial charge >= 0.3 is 0 Å². The van der Waals surface area contributed by atoms with Crippen molar-refractivity contribution in [2.75, 3.05) is 20.2 Å². The summed E-state index contributed by atoms with van der Waals surface area (Å²) in [5.41, 5.74) is 1.03. The van der Waals surface area contributed by atoms with Gasteiger partial charge in [0.1, 0.15) is 0 Å². The van der Waals surface area contributed by atoms with Gasteiger partial charge in [-0.2, -0.15) is 0 Å². The van der Waals surface area contributed by atoms with Gasteiger partial charge in [0.2, 0.25) is 0 Å². The third kappa shape index (κ3) is 3.86. The summed E-state index contributed by atoms with van der Waals surface area (Å²) in [6, 6.07) is 1.89. The minimum atomic E-state index is 0.0557. The molecule has 0 atom stereocenters. The zero-order valence-corrected chi connectivity index (χ0v) is 11.9. The Kier molecular flexibility index (Phi) is 5.90. The van der Waals surface area contributed by atoms with Gasteiger partial charge in [-0.3, -0.25) is 4.79 Å². The highest BCUT2D eigenvalue weighted by Crippen LogP contribution is 2.22. The minimum Gasteiger partial charge on any atom is -0.395 e. The summed E-state index contributed by atoms with van der Waals surface area (Å²) in [5.74, 6) is 5.94. The number of nitrogens with zero attached hydrogens (tertiary/aromatic N) is 1. The summed E-state index contributed by atoms with van der Waals surface area (Å²) in [4.78, 5) is 15.5. The van der Waals surface area contributed by atoms with Gasteiger partial charge in [-0.1, -0.05) is 18.8 Å². The first-order valence-electron chi connectivity index (χ1n) is 6.05. The van der Waals surface area contributed by atoms with Crippen LogP contribution in [0.2, 0.25) is 0 Å². The first-order valence-corrected chi connectivity index (χ1v) is 6.87. The molecule has 1 aromatic rings. The maximum Gasteiger partial charge on any atom is 0.263 e. The number of aliphatic hydroxyl groups is 1. The van der Waals surface area contributed by atoms with Gasteiger partial charge < -0.3 is 10.0 Å². The van der Waals surface area contributed by atoms with Gasteiger partial charge in [0, 0.05) is 20.0 Å². The third-order valence-electron chi connectivity index (χ3n) is 2.47. The molecule has 0 spiro atoms. The molecular formula is C14H19NO2S. The number of amides is 1. The molecule has 1 amide bonds. The maximum absolute atomic E-state index is 12.1. The quantitative estimate of drug-likeness (QED) is 0.848. The lowest BCUT2D eigenvalue weighted by atomic mass is 10.2. The fourth-order valence-corrected chi connectivity index (χ4v) is 2.58. The molecule has 0 aromatic carbocycles. The number of carbonyl (C=O) groups is 1. The van der Waals surface area contributed by atoms with E-state index in [1.165, 1.54) is 11.3 Å². The van der Waals surface area contributed by atoms with E-state index in [0.29, 0.717) is 6.42 Å². The van der Waals surface area contributed by atoms with Crippen LogP contribution in [0, 0.1) is 18.8 Å². The van der Waals surface area contributed by atoms with Crippen LogP contribution in [0.25, 0.3) is 0 Å². The van der Waals surface area contributed by atoms with Crippen molar-refractivity contribution in [1.82, 2.24) is 4.90 Å². The number of rotatable bonds is 4. The maximum atomic E-state index is 12.1. The van der Waals surface area contributed by atoms with Crippen LogP contribution in [-0.2, 0) is 0 Å². The number of hydrogen-bond acceptors (Lipinski definition) is 3. The van der Waals surface area contributed by atoms with Crippen LogP contribution >= 0.6 is 11.3 Å². The first-order chi connectivity index (χ1) is 8.60. The summed E-state index contributed by atoms with van der Waals surface area (Å²) >= 11 is 1.43. The van der Waals surface area contributed by atoms with Crippen LogP contribution in [0.1, 0.15) is 39.9 Å². The molecule has 1 heterocycles. The van der Waals surface area contributed by atoms with E-state index in [1.54, 1.807) is 4.90 Å². The van der Waals surface area contributed by atoms with Crippen LogP contribution < -0.4 is 0 Å². The molecule has 0 radical (unpaired) electrons. The van der Waals surface area contributed by atoms with E-state index in [0.717, 1.165) is 28.3 Å². The van der Waals surface area contributed by atoms with Crippen LogP contribution in [0.5, 0.6) is 0 Å². The molecule has 0 aliphatic heterocycles. The van der Waals surface area contributed by atoms with Crippen molar-refractivity contribution in [2.24, 2.45) is 0 Å². The van der Waals surface area contributed by atoms with Gasteiger partial charge in [0.05, 0.1) is 16.4 Å². The largest absolute Gasteiger partial charge is 0.395 e. The van der Waals surface area contributed by atoms with Crippen molar-refractivity contribution in [2.45, 2.75) is 26.7 Å². The second kappa shape index (κ2) is 7.20. The predicted molar refractivity (Wildman–Crippen MR) is 74.9 cm³/mol. The topological polar surface area (TPSA) is 40.5 Å². The van der Waals surface area contributed by atoms with Crippen LogP contribution in [0.15, 0.2) is 6.07 Å². The highest BCUT2D eigenvalue weighted by molar-refractivity contribution is 7.14. The molecule has 0 aliphatic carbocycles. The molecule has 3 nitrogen and oxygen atoms in total. The standard InChI is InChI=1S/C14H19NO2S/c1-4-8-15(3)14(17)13-10-11(2)12(18-13)7-5-6-9-16/h10,16H,4,6,8-9H2,1-3H3. The van der Waals surface area contributed by atoms with E-state index < -0.39 is 0 Å². The predicted octanol–water partition coefficient (Wildman–Crippen LogP) is 2.27. The van der Waals surface area contributed by atoms with Crippen molar-refractivity contribution in [1.29, 1.82) is 0 Å². The van der Waals surface area contributed by atoms with Crippen LogP contribution in [0.3, 0.4) is 0 Å². The lowest BCUT2D eigenvalue weighted by Crippen LogP contribution is -2.26. The van der Waals surface area contributed by atoms with Crippen molar-refractivity contribution in [3.8, 4) is 11.8 Å². The van der Waals surface area contributed by atoms with Gasteiger partial charge in [-0.15, -0.1) is 11.3 Å². The molecule has 0 aliphatic rings. The number of aryl methyl sites for hydroxylation is 1. The Morgan fingerprint density at radius 2 is 2.28 bits per heavy atom. The summed E-state index contributed by atoms with van der Waals surface area (Å²) in [7, 11) is 1.82. The molecule has 4 heteroatoms. The Morgan fingerprint density at radius 3 is 2.89 bits per heavy atom. The van der Waals surface area contributed by atoms with E-state index in [2.05, 4.69) is 18.8 Å². The van der Waals surface area contributed by atoms with Gasteiger partial charge in [0.25, 0.3) is 5.91 Å². The van der Waals surface area contributed by atoms with E-state index in [4.69, 9.17) is 5.11 Å². The van der Waals surface area contributed by atoms with Crippen molar-refractivity contribution in [3.05, 3.63) is 21.4 Å². The summed E-state index contributed by atoms with van der Waals surface area (Å²) in [6.07, 6.45) is 1.42. The molecule has 0 saturated heterocycles. The molecular weight excluding hydrogens is 246 g/mol. The average Bonchev–Trinajstić information content (AvgIpc) is 2.71. The molecule has 0 unspecified atom stereocenters. The monoisotopic (exact) mass is 265 g/mol. The Bertz CT molecular complexity index is 468. The summed E-state index contributed by atoms with van der Waals surface area (Å²) in [6.45, 7) is 4.84. The first kappa shape index (κ1) is 14.7. The van der Waals surface area contributed by atoms with Crippen molar-refractivity contribution >= 4 is 17.2 Å². The molecule has 1 rings (SSSR count). The third-order valence-corrected chi connectivity index (χ3v) is 3.61. The molecule has 0 fully saturated rings. The normalized spacial score (nSPS) is 9.78. The smallest absolute Gasteiger partial charge is 0.263 e. The zero-order chi connectivity index (χ0) is 13.5. The lowest BCUT2D eigenvalue weighted by Gasteiger charge is -2.14. The number of hydrogen-bond donors (Lipinski definition) is 1. The van der Waals surface area contributed by atoms with E-state index in [1.807, 2.05) is 20.0 Å². The Balaban J connectivity index is 2.84. The highest BCUT2D eigenvalue weighted by Gasteiger charge is 2.14. The second-order valence-corrected chi connectivity index (χ2v) is 5.18. The Hall–Kier alpha value is -1.31. The molecule has 98 valence electrons. The number of carbonyl (C=O) groups excluding carboxylic acids is 1. The van der Waals surface area contributed by atoms with Crippen LogP contribution in [0.4, 0.5) is 0 Å². The fraction of sp³-hybridized carbons (Fsp3) is 0.500. The van der Waals surface area contributed by atoms with E-state index in [-0.39, 0.29) is 12.5 Å². The minimum absolute atomic E-state index is 0.0557. The Morgan fingerprint density at radius 1 is 1.56 bits per heavy atom. The molecule has 0 saturated carbocycles. The molecule has 0 bridgehead atoms. The Labute approximate surface area is 112 Å². The van der Waals surface area contributed by atoms with Gasteiger partial charge in [-0.05, 0) is 25.0 Å². The molecule has 18 heavy (non-hydrogen) atoms. The van der Waals surface area contributed by atoms with E-state index >= 15 is 0 Å². The summed E-state index contributed by atoms with van der Waals surface area (Å²) in [5, 5.41) is 8.68. The second-order valence-electron chi connectivity index (χ2n) is 4.12. The van der Waals surface area contributed by atoms with Gasteiger partial charge in [0.15, 0.2) is 0 Å². The fourth-order valence-electron chi connectivity index (χ4n) is 1.54. The summed E-state index contributed by atoms with van der Waals surface area (Å²) < 4.78 is 0. The van der Waals surface area contributed by atoms with Crippen LogP contribution in [-0.4, -0.2) is 36.1 Å². The van der Waals surface area contributed by atoms with Gasteiger partial charge in [-0.25, -0.2) is 0 Å². The molecule has 1 aromatic heterocycles. The lowest BCUT2D eigenvalue weighted by molar-refractivity contribution is 0.0800. The number of thiophene rings is 1. The average molecular weight is 265 g/mol. The van der Waals surface area contributed by atoms with E-state index in [9.17, 15) is 4.79 Å².